The standard InChI is InChI=1S/C19H15N5O4S/c1-2-4-16-22-23-17(20)14(18(25)21-19(23)29-16)10-13-7-8-15(28-13)11-5-3-6-12(9-11)24(26)27/h3,5-10,20H,2,4H2,1H3/b14-10-,20-17?. The van der Waals surface area contributed by atoms with Gasteiger partial charge in [-0.1, -0.05) is 19.1 Å². The molecule has 29 heavy (non-hydrogen) atoms. The van der Waals surface area contributed by atoms with Crippen molar-refractivity contribution in [3.05, 3.63) is 57.8 Å². The fourth-order valence-electron chi connectivity index (χ4n) is 2.85. The lowest BCUT2D eigenvalue weighted by Crippen LogP contribution is -2.35. The molecule has 0 aliphatic carbocycles. The summed E-state index contributed by atoms with van der Waals surface area (Å²) in [6.45, 7) is 2.03. The van der Waals surface area contributed by atoms with Gasteiger partial charge in [-0.25, -0.2) is 0 Å². The molecule has 1 N–H and O–H groups in total. The molecule has 0 radical (unpaired) electrons. The summed E-state index contributed by atoms with van der Waals surface area (Å²) in [5.74, 6) is 0.157. The number of aliphatic imine (C=N–C) groups is 1. The van der Waals surface area contributed by atoms with Gasteiger partial charge < -0.3 is 4.42 Å². The summed E-state index contributed by atoms with van der Waals surface area (Å²) in [5.41, 5.74) is 0.562. The van der Waals surface area contributed by atoms with Gasteiger partial charge in [0.05, 0.1) is 10.5 Å². The smallest absolute Gasteiger partial charge is 0.283 e. The molecule has 2 aliphatic heterocycles. The maximum atomic E-state index is 12.4. The van der Waals surface area contributed by atoms with Crippen molar-refractivity contribution in [3.8, 4) is 11.3 Å². The van der Waals surface area contributed by atoms with Crippen LogP contribution >= 0.6 is 11.8 Å². The number of nitrogens with zero attached hydrogens (tertiary/aromatic N) is 4. The van der Waals surface area contributed by atoms with Gasteiger partial charge in [0.25, 0.3) is 11.6 Å². The van der Waals surface area contributed by atoms with Crippen molar-refractivity contribution in [2.75, 3.05) is 0 Å². The molecule has 4 rings (SSSR count). The molecule has 10 heteroatoms. The number of benzene rings is 1. The zero-order valence-electron chi connectivity index (χ0n) is 15.3. The fraction of sp³-hybridized carbons (Fsp3) is 0.158. The van der Waals surface area contributed by atoms with E-state index in [4.69, 9.17) is 9.83 Å². The number of carbonyl (C=O) groups is 1. The number of furan rings is 1. The molecule has 1 amide bonds. The van der Waals surface area contributed by atoms with Gasteiger partial charge in [-0.05, 0) is 42.8 Å². The third-order valence-corrected chi connectivity index (χ3v) is 5.18. The highest BCUT2D eigenvalue weighted by atomic mass is 32.2. The lowest BCUT2D eigenvalue weighted by atomic mass is 10.1. The topological polar surface area (TPSA) is 125 Å². The Hall–Kier alpha value is -3.53. The summed E-state index contributed by atoms with van der Waals surface area (Å²) in [6, 6.07) is 9.35. The molecule has 146 valence electrons. The summed E-state index contributed by atoms with van der Waals surface area (Å²) in [7, 11) is 0. The molecule has 0 bridgehead atoms. The van der Waals surface area contributed by atoms with Crippen molar-refractivity contribution < 1.29 is 14.1 Å². The number of hydrazone groups is 1. The number of hydrogen-bond donors (Lipinski definition) is 1. The summed E-state index contributed by atoms with van der Waals surface area (Å²) in [5, 5.41) is 26.2. The van der Waals surface area contributed by atoms with Gasteiger partial charge in [0.15, 0.2) is 5.84 Å². The van der Waals surface area contributed by atoms with Crippen molar-refractivity contribution in [2.45, 2.75) is 19.8 Å². The third-order valence-electron chi connectivity index (χ3n) is 4.22. The van der Waals surface area contributed by atoms with Crippen molar-refractivity contribution in [3.63, 3.8) is 0 Å². The van der Waals surface area contributed by atoms with Gasteiger partial charge in [0.2, 0.25) is 5.17 Å². The third kappa shape index (κ3) is 3.61. The van der Waals surface area contributed by atoms with Crippen LogP contribution in [0, 0.1) is 15.5 Å². The van der Waals surface area contributed by atoms with Crippen LogP contribution in [0.3, 0.4) is 0 Å². The average Bonchev–Trinajstić information content (AvgIpc) is 3.32. The Bertz CT molecular complexity index is 1130. The number of nitrogens with one attached hydrogen (secondary N) is 1. The van der Waals surface area contributed by atoms with Gasteiger partial charge in [0, 0.05) is 17.7 Å². The molecule has 1 aromatic heterocycles. The molecular weight excluding hydrogens is 394 g/mol. The number of amidine groups is 2. The quantitative estimate of drug-likeness (QED) is 0.446. The second-order valence-corrected chi connectivity index (χ2v) is 7.31. The van der Waals surface area contributed by atoms with Crippen LogP contribution in [0.4, 0.5) is 5.69 Å². The van der Waals surface area contributed by atoms with Crippen molar-refractivity contribution in [2.24, 2.45) is 10.1 Å². The highest BCUT2D eigenvalue weighted by Gasteiger charge is 2.35. The van der Waals surface area contributed by atoms with Gasteiger partial charge >= 0.3 is 0 Å². The van der Waals surface area contributed by atoms with E-state index in [-0.39, 0.29) is 17.1 Å². The van der Waals surface area contributed by atoms with E-state index in [1.807, 2.05) is 6.92 Å². The number of rotatable bonds is 5. The second-order valence-electron chi connectivity index (χ2n) is 6.27. The van der Waals surface area contributed by atoms with E-state index in [0.29, 0.717) is 22.3 Å². The van der Waals surface area contributed by atoms with Crippen molar-refractivity contribution in [1.29, 1.82) is 5.41 Å². The number of hydrogen-bond acceptors (Lipinski definition) is 7. The van der Waals surface area contributed by atoms with E-state index in [0.717, 1.165) is 17.9 Å². The SMILES string of the molecule is CCCC1=NN2C(=N)/C(=C/c3ccc(-c4cccc([N+](=O)[O-])c4)o3)C(=O)N=C2S1. The number of fused-ring (bicyclic) bond motifs is 1. The minimum atomic E-state index is -0.532. The first-order chi connectivity index (χ1) is 14.0. The van der Waals surface area contributed by atoms with E-state index < -0.39 is 10.8 Å². The molecule has 1 aromatic carbocycles. The van der Waals surface area contributed by atoms with E-state index >= 15 is 0 Å². The van der Waals surface area contributed by atoms with Crippen LogP contribution in [0.5, 0.6) is 0 Å². The number of nitro groups is 1. The molecule has 0 unspecified atom stereocenters. The van der Waals surface area contributed by atoms with E-state index in [9.17, 15) is 14.9 Å². The zero-order valence-corrected chi connectivity index (χ0v) is 16.1. The summed E-state index contributed by atoms with van der Waals surface area (Å²) in [4.78, 5) is 26.9. The summed E-state index contributed by atoms with van der Waals surface area (Å²) in [6.07, 6.45) is 3.10. The first-order valence-electron chi connectivity index (χ1n) is 8.80. The first kappa shape index (κ1) is 18.8. The van der Waals surface area contributed by atoms with E-state index in [2.05, 4.69) is 10.1 Å². The molecule has 2 aromatic rings. The summed E-state index contributed by atoms with van der Waals surface area (Å²) < 4.78 is 5.72. The van der Waals surface area contributed by atoms with Crippen LogP contribution in [0.1, 0.15) is 25.5 Å². The maximum Gasteiger partial charge on any atom is 0.283 e. The molecule has 0 saturated heterocycles. The molecule has 0 saturated carbocycles. The molecule has 0 fully saturated rings. The van der Waals surface area contributed by atoms with E-state index in [1.54, 1.807) is 24.3 Å². The van der Waals surface area contributed by atoms with Gasteiger partial charge in [-0.15, -0.1) is 0 Å². The first-order valence-corrected chi connectivity index (χ1v) is 9.61. The van der Waals surface area contributed by atoms with Crippen molar-refractivity contribution in [1.82, 2.24) is 5.01 Å². The van der Waals surface area contributed by atoms with Crippen LogP contribution in [-0.2, 0) is 4.79 Å². The lowest BCUT2D eigenvalue weighted by Gasteiger charge is -2.19. The Kier molecular flexibility index (Phi) is 4.85. The Balaban J connectivity index is 1.62. The number of amides is 1. The van der Waals surface area contributed by atoms with E-state index in [1.165, 1.54) is 35.0 Å². The molecular formula is C19H15N5O4S. The van der Waals surface area contributed by atoms with Crippen LogP contribution in [0.15, 0.2) is 56.5 Å². The molecule has 2 aliphatic rings. The fourth-order valence-corrected chi connectivity index (χ4v) is 3.83. The van der Waals surface area contributed by atoms with Crippen LogP contribution < -0.4 is 0 Å². The zero-order chi connectivity index (χ0) is 20.5. The Morgan fingerprint density at radius 3 is 2.93 bits per heavy atom. The van der Waals surface area contributed by atoms with Gasteiger partial charge in [-0.2, -0.15) is 15.1 Å². The molecule has 0 spiro atoms. The maximum absolute atomic E-state index is 12.4. The van der Waals surface area contributed by atoms with Crippen LogP contribution in [-0.4, -0.2) is 31.9 Å². The normalized spacial score (nSPS) is 17.4. The highest BCUT2D eigenvalue weighted by molar-refractivity contribution is 8.26. The Labute approximate surface area is 169 Å². The molecule has 0 atom stereocenters. The highest BCUT2D eigenvalue weighted by Crippen LogP contribution is 2.31. The number of non-ortho nitro benzene ring substituents is 1. The molecule has 3 heterocycles. The van der Waals surface area contributed by atoms with Gasteiger partial charge in [-0.3, -0.25) is 20.3 Å². The number of thioether (sulfide) groups is 1. The van der Waals surface area contributed by atoms with Crippen molar-refractivity contribution >= 4 is 45.5 Å². The second kappa shape index (κ2) is 7.47. The minimum absolute atomic E-state index is 0.0443. The monoisotopic (exact) mass is 409 g/mol. The largest absolute Gasteiger partial charge is 0.457 e. The van der Waals surface area contributed by atoms with Crippen LogP contribution in [0.2, 0.25) is 0 Å². The minimum Gasteiger partial charge on any atom is -0.457 e. The Morgan fingerprint density at radius 1 is 1.34 bits per heavy atom. The average molecular weight is 409 g/mol. The lowest BCUT2D eigenvalue weighted by molar-refractivity contribution is -0.384. The summed E-state index contributed by atoms with van der Waals surface area (Å²) >= 11 is 1.30. The molecule has 9 nitrogen and oxygen atoms in total. The predicted octanol–water partition coefficient (Wildman–Crippen LogP) is 4.27. The number of carbonyl (C=O) groups excluding carboxylic acids is 1. The van der Waals surface area contributed by atoms with Gasteiger partial charge in [0.1, 0.15) is 16.6 Å². The number of nitro benzene ring substituents is 1. The predicted molar refractivity (Wildman–Crippen MR) is 111 cm³/mol. The Morgan fingerprint density at radius 2 is 2.17 bits per heavy atom. The van der Waals surface area contributed by atoms with Crippen LogP contribution in [0.25, 0.3) is 17.4 Å².